The zero-order chi connectivity index (χ0) is 16.4. The average molecular weight is 327 g/mol. The molecule has 1 atom stereocenters. The first-order valence-electron chi connectivity index (χ1n) is 7.67. The Labute approximate surface area is 141 Å². The molecule has 0 N–H and O–H groups in total. The Morgan fingerprint density at radius 1 is 1.48 bits per heavy atom. The number of allylic oxidation sites excluding steroid dienone is 1. The third kappa shape index (κ3) is 3.30. The van der Waals surface area contributed by atoms with Crippen molar-refractivity contribution in [2.24, 2.45) is 10.9 Å². The molecule has 1 aromatic heterocycles. The van der Waals surface area contributed by atoms with Gasteiger partial charge in [0.15, 0.2) is 0 Å². The molecule has 3 nitrogen and oxygen atoms in total. The van der Waals surface area contributed by atoms with E-state index in [1.165, 1.54) is 0 Å². The number of rotatable bonds is 4. The molecule has 0 saturated heterocycles. The zero-order valence-electron chi connectivity index (χ0n) is 13.2. The number of aliphatic imine (C=N–C) groups is 1. The van der Waals surface area contributed by atoms with Crippen LogP contribution in [-0.4, -0.2) is 10.7 Å². The number of aryl methyl sites for hydroxylation is 1. The number of halogens is 1. The Morgan fingerprint density at radius 2 is 2.30 bits per heavy atom. The summed E-state index contributed by atoms with van der Waals surface area (Å²) < 4.78 is 5.94. The lowest BCUT2D eigenvalue weighted by Crippen LogP contribution is -2.23. The second-order valence-electron chi connectivity index (χ2n) is 5.82. The van der Waals surface area contributed by atoms with Crippen LogP contribution in [0.5, 0.6) is 0 Å². The van der Waals surface area contributed by atoms with Crippen molar-refractivity contribution in [3.8, 4) is 11.5 Å². The Hall–Kier alpha value is -2.13. The maximum absolute atomic E-state index is 6.05. The number of aromatic nitrogens is 1. The summed E-state index contributed by atoms with van der Waals surface area (Å²) in [6, 6.07) is 7.57. The molecule has 0 aliphatic heterocycles. The molecule has 0 saturated carbocycles. The molecule has 1 aliphatic carbocycles. The number of oxazole rings is 1. The van der Waals surface area contributed by atoms with Crippen molar-refractivity contribution >= 4 is 17.3 Å². The van der Waals surface area contributed by atoms with Crippen molar-refractivity contribution in [3.05, 3.63) is 65.7 Å². The molecule has 0 bridgehead atoms. The van der Waals surface area contributed by atoms with E-state index in [1.54, 1.807) is 6.20 Å². The van der Waals surface area contributed by atoms with Crippen molar-refractivity contribution in [2.75, 3.05) is 0 Å². The van der Waals surface area contributed by atoms with Gasteiger partial charge >= 0.3 is 0 Å². The van der Waals surface area contributed by atoms with Gasteiger partial charge in [0.1, 0.15) is 5.76 Å². The van der Waals surface area contributed by atoms with E-state index in [4.69, 9.17) is 16.0 Å². The first-order valence-corrected chi connectivity index (χ1v) is 8.05. The van der Waals surface area contributed by atoms with Gasteiger partial charge in [-0.3, -0.25) is 4.99 Å². The fourth-order valence-corrected chi connectivity index (χ4v) is 3.21. The van der Waals surface area contributed by atoms with Crippen LogP contribution >= 0.6 is 11.6 Å². The molecule has 0 radical (unpaired) electrons. The predicted octanol–water partition coefficient (Wildman–Crippen LogP) is 5.26. The summed E-state index contributed by atoms with van der Waals surface area (Å²) in [5.74, 6) is 1.92. The van der Waals surface area contributed by atoms with Gasteiger partial charge in [0.05, 0.1) is 5.69 Å². The van der Waals surface area contributed by atoms with Crippen molar-refractivity contribution in [2.45, 2.75) is 26.2 Å². The number of hydrogen-bond acceptors (Lipinski definition) is 3. The van der Waals surface area contributed by atoms with Crippen LogP contribution in [0.4, 0.5) is 0 Å². The van der Waals surface area contributed by atoms with Crippen molar-refractivity contribution in [3.63, 3.8) is 0 Å². The van der Waals surface area contributed by atoms with Crippen LogP contribution in [0.3, 0.4) is 0 Å². The normalized spacial score (nSPS) is 17.7. The van der Waals surface area contributed by atoms with E-state index in [0.717, 1.165) is 47.6 Å². The average Bonchev–Trinajstić information content (AvgIpc) is 2.95. The molecule has 0 spiro atoms. The van der Waals surface area contributed by atoms with Gasteiger partial charge in [-0.1, -0.05) is 30.8 Å². The van der Waals surface area contributed by atoms with Gasteiger partial charge in [-0.2, -0.15) is 0 Å². The maximum Gasteiger partial charge on any atom is 0.226 e. The van der Waals surface area contributed by atoms with Crippen molar-refractivity contribution in [1.82, 2.24) is 4.98 Å². The molecule has 2 aromatic rings. The van der Waals surface area contributed by atoms with Crippen molar-refractivity contribution < 1.29 is 4.42 Å². The molecule has 3 rings (SSSR count). The minimum absolute atomic E-state index is 0.315. The second kappa shape index (κ2) is 6.55. The van der Waals surface area contributed by atoms with Crippen molar-refractivity contribution in [1.29, 1.82) is 0 Å². The molecule has 118 valence electrons. The minimum Gasteiger partial charge on any atom is -0.441 e. The topological polar surface area (TPSA) is 38.4 Å². The monoisotopic (exact) mass is 326 g/mol. The first-order chi connectivity index (χ1) is 11.1. The van der Waals surface area contributed by atoms with Gasteiger partial charge in [-0.25, -0.2) is 4.98 Å². The number of nitrogens with zero attached hydrogens (tertiary/aromatic N) is 2. The lowest BCUT2D eigenvalue weighted by atomic mass is 9.84. The van der Waals surface area contributed by atoms with Crippen LogP contribution in [0, 0.1) is 5.92 Å². The molecule has 23 heavy (non-hydrogen) atoms. The molecule has 1 aromatic carbocycles. The van der Waals surface area contributed by atoms with E-state index in [9.17, 15) is 0 Å². The fraction of sp³-hybridized carbons (Fsp3) is 0.263. The summed E-state index contributed by atoms with van der Waals surface area (Å²) in [7, 11) is 0. The van der Waals surface area contributed by atoms with Crippen LogP contribution in [-0.2, 0) is 12.8 Å². The highest BCUT2D eigenvalue weighted by atomic mass is 35.5. The van der Waals surface area contributed by atoms with E-state index in [0.29, 0.717) is 16.8 Å². The summed E-state index contributed by atoms with van der Waals surface area (Å²) in [6.45, 7) is 9.71. The molecular weight excluding hydrogens is 308 g/mol. The van der Waals surface area contributed by atoms with Crippen LogP contribution in [0.25, 0.3) is 11.5 Å². The molecule has 0 fully saturated rings. The summed E-state index contributed by atoms with van der Waals surface area (Å²) in [5.41, 5.74) is 3.91. The quantitative estimate of drug-likeness (QED) is 0.719. The van der Waals surface area contributed by atoms with E-state index in [1.807, 2.05) is 31.2 Å². The molecular formula is C19H19ClN2O. The van der Waals surface area contributed by atoms with Gasteiger partial charge in [-0.15, -0.1) is 0 Å². The number of fused-ring (bicyclic) bond motifs is 1. The third-order valence-corrected chi connectivity index (χ3v) is 4.30. The second-order valence-corrected chi connectivity index (χ2v) is 6.25. The zero-order valence-corrected chi connectivity index (χ0v) is 13.9. The lowest BCUT2D eigenvalue weighted by molar-refractivity contribution is 0.463. The van der Waals surface area contributed by atoms with Crippen LogP contribution in [0.1, 0.15) is 24.8 Å². The highest BCUT2D eigenvalue weighted by Crippen LogP contribution is 2.32. The lowest BCUT2D eigenvalue weighted by Gasteiger charge is -2.22. The Balaban J connectivity index is 1.89. The smallest absolute Gasteiger partial charge is 0.226 e. The molecule has 0 amide bonds. The van der Waals surface area contributed by atoms with E-state index in [2.05, 4.69) is 23.1 Å². The molecule has 4 heteroatoms. The Kier molecular flexibility index (Phi) is 4.49. The summed E-state index contributed by atoms with van der Waals surface area (Å²) in [6.07, 6.45) is 4.24. The minimum atomic E-state index is 0.315. The molecule has 1 heterocycles. The van der Waals surface area contributed by atoms with E-state index < -0.39 is 0 Å². The Morgan fingerprint density at radius 3 is 3.00 bits per heavy atom. The summed E-state index contributed by atoms with van der Waals surface area (Å²) in [5, 5.41) is 0.680. The van der Waals surface area contributed by atoms with Crippen LogP contribution < -0.4 is 0 Å². The maximum atomic E-state index is 6.05. The van der Waals surface area contributed by atoms with Gasteiger partial charge in [0.2, 0.25) is 5.89 Å². The third-order valence-electron chi connectivity index (χ3n) is 4.06. The van der Waals surface area contributed by atoms with Crippen LogP contribution in [0.2, 0.25) is 5.02 Å². The highest BCUT2D eigenvalue weighted by molar-refractivity contribution is 6.30. The highest BCUT2D eigenvalue weighted by Gasteiger charge is 2.27. The predicted molar refractivity (Wildman–Crippen MR) is 94.9 cm³/mol. The fourth-order valence-electron chi connectivity index (χ4n) is 3.02. The summed E-state index contributed by atoms with van der Waals surface area (Å²) in [4.78, 5) is 9.08. The molecule has 1 aliphatic rings. The largest absolute Gasteiger partial charge is 0.441 e. The van der Waals surface area contributed by atoms with Gasteiger partial charge in [-0.05, 0) is 37.1 Å². The Bertz CT molecular complexity index is 788. The van der Waals surface area contributed by atoms with Crippen LogP contribution in [0.15, 0.2) is 58.6 Å². The first kappa shape index (κ1) is 15.8. The number of benzene rings is 1. The standard InChI is InChI=1S/C19H19ClN2O/c1-4-21-18(12(2)3)13-8-9-17-16(11-13)22-19(23-17)14-6-5-7-15(20)10-14/h4-7,10,13H,1-2,8-9,11H2,3H3. The number of hydrogen-bond donors (Lipinski definition) is 0. The van der Waals surface area contributed by atoms with Gasteiger partial charge < -0.3 is 4.42 Å². The summed E-state index contributed by atoms with van der Waals surface area (Å²) >= 11 is 6.05. The molecule has 1 unspecified atom stereocenters. The van der Waals surface area contributed by atoms with E-state index in [-0.39, 0.29) is 0 Å². The SMILES string of the molecule is C=CN=C(C(=C)C)C1CCc2oc(-c3cccc(Cl)c3)nc2C1. The van der Waals surface area contributed by atoms with Gasteiger partial charge in [0, 0.05) is 41.3 Å². The van der Waals surface area contributed by atoms with E-state index >= 15 is 0 Å². The van der Waals surface area contributed by atoms with Gasteiger partial charge in [0.25, 0.3) is 0 Å².